The Hall–Kier alpha value is -1.06. The summed E-state index contributed by atoms with van der Waals surface area (Å²) in [5.74, 6) is 0.486. The van der Waals surface area contributed by atoms with Crippen LogP contribution in [0.15, 0.2) is 0 Å². The Labute approximate surface area is 116 Å². The van der Waals surface area contributed by atoms with Crippen LogP contribution in [0.5, 0.6) is 0 Å². The average Bonchev–Trinajstić information content (AvgIpc) is 3.07. The molecule has 1 fully saturated rings. The van der Waals surface area contributed by atoms with Gasteiger partial charge in [0, 0.05) is 19.5 Å². The molecule has 0 radical (unpaired) electrons. The van der Waals surface area contributed by atoms with Crippen LogP contribution in [0.1, 0.15) is 59.8 Å². The standard InChI is InChI=1S/C15H27NO3/c1-5-10-16(11-12-6-7-12)13(17)8-9-14(18)19-15(2,3)4/h12H,5-11H2,1-4H3. The predicted octanol–water partition coefficient (Wildman–Crippen LogP) is 2.76. The maximum atomic E-state index is 12.1. The number of carbonyl (C=O) groups excluding carboxylic acids is 2. The molecule has 19 heavy (non-hydrogen) atoms. The highest BCUT2D eigenvalue weighted by molar-refractivity contribution is 5.81. The van der Waals surface area contributed by atoms with Gasteiger partial charge in [0.2, 0.25) is 5.91 Å². The van der Waals surface area contributed by atoms with Crippen LogP contribution in [-0.2, 0) is 14.3 Å². The summed E-state index contributed by atoms with van der Waals surface area (Å²) in [7, 11) is 0. The zero-order valence-electron chi connectivity index (χ0n) is 12.7. The van der Waals surface area contributed by atoms with Gasteiger partial charge in [0.15, 0.2) is 0 Å². The summed E-state index contributed by atoms with van der Waals surface area (Å²) in [6.07, 6.45) is 3.88. The molecule has 1 saturated carbocycles. The van der Waals surface area contributed by atoms with Crippen molar-refractivity contribution in [3.8, 4) is 0 Å². The number of nitrogens with zero attached hydrogens (tertiary/aromatic N) is 1. The van der Waals surface area contributed by atoms with E-state index in [2.05, 4.69) is 6.92 Å². The molecule has 0 bridgehead atoms. The molecule has 1 rings (SSSR count). The first-order valence-electron chi connectivity index (χ1n) is 7.31. The molecule has 4 heteroatoms. The lowest BCUT2D eigenvalue weighted by atomic mass is 10.2. The second kappa shape index (κ2) is 6.92. The van der Waals surface area contributed by atoms with E-state index in [1.807, 2.05) is 25.7 Å². The fraction of sp³-hybridized carbons (Fsp3) is 0.867. The first kappa shape index (κ1) is 16.0. The number of rotatable bonds is 7. The molecule has 1 aliphatic carbocycles. The van der Waals surface area contributed by atoms with Crippen molar-refractivity contribution in [1.29, 1.82) is 0 Å². The van der Waals surface area contributed by atoms with E-state index < -0.39 is 5.60 Å². The Kier molecular flexibility index (Phi) is 5.83. The average molecular weight is 269 g/mol. The molecule has 0 N–H and O–H groups in total. The molecular formula is C15H27NO3. The van der Waals surface area contributed by atoms with Crippen molar-refractivity contribution in [3.63, 3.8) is 0 Å². The molecule has 1 aliphatic rings. The Bertz CT molecular complexity index is 316. The number of hydrogen-bond donors (Lipinski definition) is 0. The second-order valence-electron chi connectivity index (χ2n) is 6.37. The van der Waals surface area contributed by atoms with Gasteiger partial charge in [0.25, 0.3) is 0 Å². The van der Waals surface area contributed by atoms with Crippen molar-refractivity contribution in [2.24, 2.45) is 5.92 Å². The molecule has 0 aromatic heterocycles. The molecule has 1 amide bonds. The minimum absolute atomic E-state index is 0.0830. The van der Waals surface area contributed by atoms with E-state index in [4.69, 9.17) is 4.74 Å². The number of esters is 1. The van der Waals surface area contributed by atoms with Gasteiger partial charge in [0.05, 0.1) is 6.42 Å². The minimum Gasteiger partial charge on any atom is -0.460 e. The first-order valence-corrected chi connectivity index (χ1v) is 7.31. The van der Waals surface area contributed by atoms with Gasteiger partial charge in [-0.05, 0) is 46.0 Å². The zero-order valence-corrected chi connectivity index (χ0v) is 12.7. The van der Waals surface area contributed by atoms with Gasteiger partial charge in [-0.3, -0.25) is 9.59 Å². The highest BCUT2D eigenvalue weighted by Crippen LogP contribution is 2.30. The minimum atomic E-state index is -0.475. The van der Waals surface area contributed by atoms with E-state index in [1.54, 1.807) is 0 Å². The third-order valence-corrected chi connectivity index (χ3v) is 2.98. The molecule has 0 aromatic rings. The number of carbonyl (C=O) groups is 2. The van der Waals surface area contributed by atoms with Gasteiger partial charge in [-0.1, -0.05) is 6.92 Å². The van der Waals surface area contributed by atoms with Gasteiger partial charge < -0.3 is 9.64 Å². The maximum Gasteiger partial charge on any atom is 0.306 e. The molecule has 0 atom stereocenters. The largest absolute Gasteiger partial charge is 0.460 e. The maximum absolute atomic E-state index is 12.1. The summed E-state index contributed by atoms with van der Waals surface area (Å²) in [6.45, 7) is 9.24. The molecule has 0 spiro atoms. The fourth-order valence-corrected chi connectivity index (χ4v) is 1.96. The topological polar surface area (TPSA) is 46.6 Å². The number of ether oxygens (including phenoxy) is 1. The summed E-state index contributed by atoms with van der Waals surface area (Å²) in [6, 6.07) is 0. The van der Waals surface area contributed by atoms with Crippen LogP contribution in [0, 0.1) is 5.92 Å². The summed E-state index contributed by atoms with van der Waals surface area (Å²) in [5, 5.41) is 0. The number of hydrogen-bond acceptors (Lipinski definition) is 3. The van der Waals surface area contributed by atoms with Crippen LogP contribution < -0.4 is 0 Å². The molecule has 0 heterocycles. The van der Waals surface area contributed by atoms with Gasteiger partial charge in [-0.25, -0.2) is 0 Å². The van der Waals surface area contributed by atoms with Crippen molar-refractivity contribution in [2.45, 2.75) is 65.4 Å². The molecule has 0 aliphatic heterocycles. The van der Waals surface area contributed by atoms with Crippen molar-refractivity contribution >= 4 is 11.9 Å². The van der Waals surface area contributed by atoms with Crippen molar-refractivity contribution < 1.29 is 14.3 Å². The van der Waals surface area contributed by atoms with Crippen LogP contribution in [0.2, 0.25) is 0 Å². The van der Waals surface area contributed by atoms with Crippen LogP contribution in [-0.4, -0.2) is 35.5 Å². The van der Waals surface area contributed by atoms with Crippen molar-refractivity contribution in [3.05, 3.63) is 0 Å². The van der Waals surface area contributed by atoms with Crippen LogP contribution in [0.25, 0.3) is 0 Å². The van der Waals surface area contributed by atoms with E-state index >= 15 is 0 Å². The quantitative estimate of drug-likeness (QED) is 0.668. The van der Waals surface area contributed by atoms with Crippen molar-refractivity contribution in [1.82, 2.24) is 4.90 Å². The van der Waals surface area contributed by atoms with Crippen molar-refractivity contribution in [2.75, 3.05) is 13.1 Å². The summed E-state index contributed by atoms with van der Waals surface area (Å²) >= 11 is 0. The highest BCUT2D eigenvalue weighted by atomic mass is 16.6. The Morgan fingerprint density at radius 1 is 1.21 bits per heavy atom. The molecule has 4 nitrogen and oxygen atoms in total. The first-order chi connectivity index (χ1) is 8.81. The normalized spacial score (nSPS) is 15.2. The van der Waals surface area contributed by atoms with E-state index in [0.29, 0.717) is 5.92 Å². The van der Waals surface area contributed by atoms with E-state index in [9.17, 15) is 9.59 Å². The smallest absolute Gasteiger partial charge is 0.306 e. The molecule has 110 valence electrons. The molecular weight excluding hydrogens is 242 g/mol. The predicted molar refractivity (Wildman–Crippen MR) is 74.7 cm³/mol. The Balaban J connectivity index is 2.32. The molecule has 0 aromatic carbocycles. The second-order valence-corrected chi connectivity index (χ2v) is 6.37. The van der Waals surface area contributed by atoms with E-state index in [0.717, 1.165) is 19.5 Å². The number of amides is 1. The lowest BCUT2D eigenvalue weighted by molar-refractivity contribution is -0.156. The van der Waals surface area contributed by atoms with Crippen LogP contribution in [0.3, 0.4) is 0 Å². The van der Waals surface area contributed by atoms with Crippen LogP contribution in [0.4, 0.5) is 0 Å². The molecule has 0 saturated heterocycles. The summed E-state index contributed by atoms with van der Waals surface area (Å²) in [4.78, 5) is 25.6. The lowest BCUT2D eigenvalue weighted by Gasteiger charge is -2.23. The summed E-state index contributed by atoms with van der Waals surface area (Å²) < 4.78 is 5.21. The Morgan fingerprint density at radius 3 is 2.32 bits per heavy atom. The van der Waals surface area contributed by atoms with Gasteiger partial charge in [-0.2, -0.15) is 0 Å². The van der Waals surface area contributed by atoms with Crippen LogP contribution >= 0.6 is 0 Å². The SMILES string of the molecule is CCCN(CC1CC1)C(=O)CCC(=O)OC(C)(C)C. The highest BCUT2D eigenvalue weighted by Gasteiger charge is 2.26. The van der Waals surface area contributed by atoms with E-state index in [-0.39, 0.29) is 24.7 Å². The van der Waals surface area contributed by atoms with Gasteiger partial charge >= 0.3 is 5.97 Å². The zero-order chi connectivity index (χ0) is 14.5. The third-order valence-electron chi connectivity index (χ3n) is 2.98. The lowest BCUT2D eigenvalue weighted by Crippen LogP contribution is -2.34. The third kappa shape index (κ3) is 7.19. The molecule has 0 unspecified atom stereocenters. The van der Waals surface area contributed by atoms with Gasteiger partial charge in [0.1, 0.15) is 5.60 Å². The fourth-order valence-electron chi connectivity index (χ4n) is 1.96. The Morgan fingerprint density at radius 2 is 1.84 bits per heavy atom. The monoisotopic (exact) mass is 269 g/mol. The summed E-state index contributed by atoms with van der Waals surface area (Å²) in [5.41, 5.74) is -0.475. The van der Waals surface area contributed by atoms with Gasteiger partial charge in [-0.15, -0.1) is 0 Å². The van der Waals surface area contributed by atoms with E-state index in [1.165, 1.54) is 12.8 Å².